The molecule has 0 spiro atoms. The fourth-order valence-electron chi connectivity index (χ4n) is 1.56. The topological polar surface area (TPSA) is 75.1 Å². The number of pyridine rings is 2. The van der Waals surface area contributed by atoms with E-state index in [1.807, 2.05) is 25.1 Å². The zero-order valence-corrected chi connectivity index (χ0v) is 9.92. The van der Waals surface area contributed by atoms with Crippen LogP contribution < -0.4 is 5.32 Å². The van der Waals surface area contributed by atoms with Gasteiger partial charge in [0.15, 0.2) is 0 Å². The van der Waals surface area contributed by atoms with Gasteiger partial charge in [-0.25, -0.2) is 4.79 Å². The van der Waals surface area contributed by atoms with Crippen LogP contribution in [0.5, 0.6) is 0 Å². The van der Waals surface area contributed by atoms with Gasteiger partial charge in [-0.05, 0) is 25.1 Å². The SMILES string of the molecule is Cc1cc(NCc2ccccn2)c(C(=O)O)cn1. The van der Waals surface area contributed by atoms with E-state index in [2.05, 4.69) is 15.3 Å². The van der Waals surface area contributed by atoms with Gasteiger partial charge in [0.05, 0.1) is 17.9 Å². The molecular weight excluding hydrogens is 230 g/mol. The number of carboxylic acid groups (broad SMARTS) is 1. The summed E-state index contributed by atoms with van der Waals surface area (Å²) in [7, 11) is 0. The molecule has 0 saturated heterocycles. The lowest BCUT2D eigenvalue weighted by molar-refractivity contribution is 0.0697. The van der Waals surface area contributed by atoms with Crippen LogP contribution in [-0.4, -0.2) is 21.0 Å². The third-order valence-corrected chi connectivity index (χ3v) is 2.46. The Hall–Kier alpha value is -2.43. The lowest BCUT2D eigenvalue weighted by atomic mass is 10.2. The normalized spacial score (nSPS) is 10.1. The Morgan fingerprint density at radius 1 is 1.39 bits per heavy atom. The number of nitrogens with zero attached hydrogens (tertiary/aromatic N) is 2. The van der Waals surface area contributed by atoms with Crippen molar-refractivity contribution < 1.29 is 9.90 Å². The maximum absolute atomic E-state index is 11.0. The van der Waals surface area contributed by atoms with Crippen molar-refractivity contribution in [1.29, 1.82) is 0 Å². The van der Waals surface area contributed by atoms with Crippen molar-refractivity contribution in [3.63, 3.8) is 0 Å². The molecule has 0 saturated carbocycles. The van der Waals surface area contributed by atoms with Gasteiger partial charge in [-0.3, -0.25) is 9.97 Å². The Kier molecular flexibility index (Phi) is 3.52. The summed E-state index contributed by atoms with van der Waals surface area (Å²) < 4.78 is 0. The molecule has 18 heavy (non-hydrogen) atoms. The lowest BCUT2D eigenvalue weighted by Crippen LogP contribution is -2.08. The molecule has 2 aromatic heterocycles. The largest absolute Gasteiger partial charge is 0.478 e. The smallest absolute Gasteiger partial charge is 0.339 e. The Labute approximate surface area is 105 Å². The van der Waals surface area contributed by atoms with Gasteiger partial charge in [0, 0.05) is 18.1 Å². The molecular formula is C13H13N3O2. The quantitative estimate of drug-likeness (QED) is 0.860. The highest BCUT2D eigenvalue weighted by Gasteiger charge is 2.10. The molecule has 0 fully saturated rings. The first kappa shape index (κ1) is 12.0. The van der Waals surface area contributed by atoms with Crippen LogP contribution in [0.1, 0.15) is 21.7 Å². The van der Waals surface area contributed by atoms with E-state index in [-0.39, 0.29) is 5.56 Å². The van der Waals surface area contributed by atoms with Gasteiger partial charge in [-0.15, -0.1) is 0 Å². The molecule has 0 aromatic carbocycles. The minimum Gasteiger partial charge on any atom is -0.478 e. The number of aryl methyl sites for hydroxylation is 1. The first-order valence-corrected chi connectivity index (χ1v) is 5.50. The number of hydrogen-bond donors (Lipinski definition) is 2. The number of carboxylic acids is 1. The Morgan fingerprint density at radius 3 is 2.89 bits per heavy atom. The zero-order valence-electron chi connectivity index (χ0n) is 9.92. The number of aromatic nitrogens is 2. The predicted molar refractivity (Wildman–Crippen MR) is 67.5 cm³/mol. The first-order valence-electron chi connectivity index (χ1n) is 5.50. The van der Waals surface area contributed by atoms with Crippen LogP contribution in [0.2, 0.25) is 0 Å². The molecule has 0 amide bonds. The standard InChI is InChI=1S/C13H13N3O2/c1-9-6-12(11(8-15-9)13(17)18)16-7-10-4-2-3-5-14-10/h2-6,8H,7H2,1H3,(H,15,16)(H,17,18). The van der Waals surface area contributed by atoms with Crippen LogP contribution in [0, 0.1) is 6.92 Å². The molecule has 2 N–H and O–H groups in total. The third-order valence-electron chi connectivity index (χ3n) is 2.46. The summed E-state index contributed by atoms with van der Waals surface area (Å²) >= 11 is 0. The van der Waals surface area contributed by atoms with Crippen LogP contribution in [-0.2, 0) is 6.54 Å². The first-order chi connectivity index (χ1) is 8.66. The number of rotatable bonds is 4. The monoisotopic (exact) mass is 243 g/mol. The van der Waals surface area contributed by atoms with E-state index in [4.69, 9.17) is 5.11 Å². The summed E-state index contributed by atoms with van der Waals surface area (Å²) in [6.07, 6.45) is 3.06. The molecule has 0 unspecified atom stereocenters. The van der Waals surface area contributed by atoms with Gasteiger partial charge in [0.25, 0.3) is 0 Å². The summed E-state index contributed by atoms with van der Waals surface area (Å²) in [6.45, 7) is 2.29. The number of aromatic carboxylic acids is 1. The zero-order chi connectivity index (χ0) is 13.0. The summed E-state index contributed by atoms with van der Waals surface area (Å²) in [5.74, 6) is -0.994. The van der Waals surface area contributed by atoms with Crippen LogP contribution in [0.3, 0.4) is 0 Å². The Balaban J connectivity index is 2.18. The van der Waals surface area contributed by atoms with Crippen LogP contribution in [0.15, 0.2) is 36.7 Å². The maximum Gasteiger partial charge on any atom is 0.339 e. The number of carbonyl (C=O) groups is 1. The highest BCUT2D eigenvalue weighted by Crippen LogP contribution is 2.16. The van der Waals surface area contributed by atoms with Gasteiger partial charge >= 0.3 is 5.97 Å². The van der Waals surface area contributed by atoms with Gasteiger partial charge in [-0.1, -0.05) is 6.07 Å². The molecule has 0 aliphatic rings. The van der Waals surface area contributed by atoms with Crippen molar-refractivity contribution >= 4 is 11.7 Å². The van der Waals surface area contributed by atoms with E-state index in [9.17, 15) is 4.79 Å². The number of nitrogens with one attached hydrogen (secondary N) is 1. The molecule has 2 aromatic rings. The van der Waals surface area contributed by atoms with Crippen molar-refractivity contribution in [3.8, 4) is 0 Å². The molecule has 0 bridgehead atoms. The van der Waals surface area contributed by atoms with Gasteiger partial charge in [0.2, 0.25) is 0 Å². The predicted octanol–water partition coefficient (Wildman–Crippen LogP) is 2.10. The average molecular weight is 243 g/mol. The second kappa shape index (κ2) is 5.27. The summed E-state index contributed by atoms with van der Waals surface area (Å²) in [4.78, 5) is 19.2. The third kappa shape index (κ3) is 2.82. The van der Waals surface area contributed by atoms with Crippen molar-refractivity contribution in [2.24, 2.45) is 0 Å². The molecule has 2 heterocycles. The van der Waals surface area contributed by atoms with E-state index in [1.54, 1.807) is 12.3 Å². The Bertz CT molecular complexity index is 555. The second-order valence-electron chi connectivity index (χ2n) is 3.85. The van der Waals surface area contributed by atoms with E-state index in [0.717, 1.165) is 11.4 Å². The fourth-order valence-corrected chi connectivity index (χ4v) is 1.56. The highest BCUT2D eigenvalue weighted by atomic mass is 16.4. The van der Waals surface area contributed by atoms with Crippen molar-refractivity contribution in [2.75, 3.05) is 5.32 Å². The van der Waals surface area contributed by atoms with Crippen LogP contribution >= 0.6 is 0 Å². The van der Waals surface area contributed by atoms with Gasteiger partial charge < -0.3 is 10.4 Å². The number of hydrogen-bond acceptors (Lipinski definition) is 4. The second-order valence-corrected chi connectivity index (χ2v) is 3.85. The van der Waals surface area contributed by atoms with E-state index in [0.29, 0.717) is 12.2 Å². The minimum atomic E-state index is -0.994. The molecule has 0 radical (unpaired) electrons. The fraction of sp³-hybridized carbons (Fsp3) is 0.154. The lowest BCUT2D eigenvalue weighted by Gasteiger charge is -2.09. The van der Waals surface area contributed by atoms with Gasteiger partial charge in [-0.2, -0.15) is 0 Å². The average Bonchev–Trinajstić information content (AvgIpc) is 2.37. The van der Waals surface area contributed by atoms with Crippen molar-refractivity contribution in [3.05, 3.63) is 53.6 Å². The molecule has 5 nitrogen and oxygen atoms in total. The van der Waals surface area contributed by atoms with E-state index in [1.165, 1.54) is 6.20 Å². The molecule has 0 aliphatic heterocycles. The highest BCUT2D eigenvalue weighted by molar-refractivity contribution is 5.93. The number of anilines is 1. The van der Waals surface area contributed by atoms with Crippen LogP contribution in [0.25, 0.3) is 0 Å². The summed E-state index contributed by atoms with van der Waals surface area (Å²) in [6, 6.07) is 7.32. The summed E-state index contributed by atoms with van der Waals surface area (Å²) in [5, 5.41) is 12.1. The Morgan fingerprint density at radius 2 is 2.22 bits per heavy atom. The van der Waals surface area contributed by atoms with Crippen molar-refractivity contribution in [2.45, 2.75) is 13.5 Å². The molecule has 0 aliphatic carbocycles. The summed E-state index contributed by atoms with van der Waals surface area (Å²) in [5.41, 5.74) is 2.34. The van der Waals surface area contributed by atoms with Gasteiger partial charge in [0.1, 0.15) is 5.56 Å². The van der Waals surface area contributed by atoms with Crippen molar-refractivity contribution in [1.82, 2.24) is 9.97 Å². The van der Waals surface area contributed by atoms with E-state index < -0.39 is 5.97 Å². The van der Waals surface area contributed by atoms with Crippen LogP contribution in [0.4, 0.5) is 5.69 Å². The molecule has 92 valence electrons. The maximum atomic E-state index is 11.0. The molecule has 0 atom stereocenters. The van der Waals surface area contributed by atoms with E-state index >= 15 is 0 Å². The minimum absolute atomic E-state index is 0.163. The molecule has 5 heteroatoms. The molecule has 2 rings (SSSR count).